The summed E-state index contributed by atoms with van der Waals surface area (Å²) in [6.07, 6.45) is 3.09. The van der Waals surface area contributed by atoms with Crippen LogP contribution in [0, 0.1) is 0 Å². The smallest absolute Gasteiger partial charge is 0.243 e. The van der Waals surface area contributed by atoms with Gasteiger partial charge in [-0.05, 0) is 37.0 Å². The molecule has 3 aliphatic rings. The van der Waals surface area contributed by atoms with Gasteiger partial charge in [-0.15, -0.1) is 10.2 Å². The molecule has 1 aromatic carbocycles. The highest BCUT2D eigenvalue weighted by Gasteiger charge is 2.34. The van der Waals surface area contributed by atoms with Crippen molar-refractivity contribution in [3.05, 3.63) is 23.8 Å². The summed E-state index contributed by atoms with van der Waals surface area (Å²) >= 11 is 1.38. The monoisotopic (exact) mass is 415 g/mol. The molecular weight excluding hydrogens is 394 g/mol. The summed E-state index contributed by atoms with van der Waals surface area (Å²) in [5.41, 5.74) is 0.956. The first-order chi connectivity index (χ1) is 14.2. The first-order valence-electron chi connectivity index (χ1n) is 9.76. The van der Waals surface area contributed by atoms with Crippen LogP contribution < -0.4 is 24.6 Å². The number of hydrogen-bond acceptors (Lipinski definition) is 8. The number of aromatic nitrogens is 2. The second-order valence-corrected chi connectivity index (χ2v) is 8.21. The second kappa shape index (κ2) is 7.51. The highest BCUT2D eigenvalue weighted by Crippen LogP contribution is 2.34. The molecule has 0 unspecified atom stereocenters. The van der Waals surface area contributed by atoms with Crippen molar-refractivity contribution in [1.29, 1.82) is 0 Å². The Labute approximate surface area is 171 Å². The number of fused-ring (bicyclic) bond motifs is 1. The Balaban J connectivity index is 1.24. The third-order valence-electron chi connectivity index (χ3n) is 5.41. The summed E-state index contributed by atoms with van der Waals surface area (Å²) in [6, 6.07) is 5.39. The molecule has 2 amide bonds. The molecule has 2 saturated heterocycles. The summed E-state index contributed by atoms with van der Waals surface area (Å²) in [7, 11) is 0. The standard InChI is InChI=1S/C19H21N5O4S/c25-16-4-2-8-24(16)19-22-21-18(29-19)23-7-1-3-13(23)17(26)20-10-12-5-6-14-15(9-12)28-11-27-14/h5-6,9,13H,1-4,7-8,10-11H2,(H,20,26)/t13-/m0/s1. The molecule has 5 rings (SSSR count). The first kappa shape index (κ1) is 18.2. The van der Waals surface area contributed by atoms with Crippen molar-refractivity contribution in [1.82, 2.24) is 15.5 Å². The van der Waals surface area contributed by atoms with Crippen LogP contribution in [0.25, 0.3) is 0 Å². The van der Waals surface area contributed by atoms with Gasteiger partial charge in [-0.3, -0.25) is 14.5 Å². The molecule has 2 fully saturated rings. The third kappa shape index (κ3) is 3.48. The molecule has 10 heteroatoms. The minimum Gasteiger partial charge on any atom is -0.454 e. The minimum absolute atomic E-state index is 0.0332. The SMILES string of the molecule is O=C(NCc1ccc2c(c1)OCO2)[C@@H]1CCCN1c1nnc(N2CCCC2=O)s1. The Morgan fingerprint density at radius 2 is 2.03 bits per heavy atom. The van der Waals surface area contributed by atoms with Gasteiger partial charge in [0.05, 0.1) is 0 Å². The van der Waals surface area contributed by atoms with Gasteiger partial charge in [0.15, 0.2) is 11.5 Å². The third-order valence-corrected chi connectivity index (χ3v) is 6.40. The molecule has 0 aliphatic carbocycles. The average Bonchev–Trinajstić information content (AvgIpc) is 3.51. The van der Waals surface area contributed by atoms with Gasteiger partial charge in [-0.25, -0.2) is 0 Å². The fourth-order valence-corrected chi connectivity index (χ4v) is 4.88. The normalized spacial score (nSPS) is 20.6. The van der Waals surface area contributed by atoms with Crippen LogP contribution in [0.2, 0.25) is 0 Å². The van der Waals surface area contributed by atoms with E-state index < -0.39 is 0 Å². The minimum atomic E-state index is -0.279. The molecular formula is C19H21N5O4S. The number of carbonyl (C=O) groups is 2. The van der Waals surface area contributed by atoms with E-state index in [1.54, 1.807) is 4.90 Å². The van der Waals surface area contributed by atoms with Crippen LogP contribution in [0.4, 0.5) is 10.3 Å². The summed E-state index contributed by atoms with van der Waals surface area (Å²) in [4.78, 5) is 28.5. The molecule has 3 aliphatic heterocycles. The summed E-state index contributed by atoms with van der Waals surface area (Å²) < 4.78 is 10.7. The van der Waals surface area contributed by atoms with Crippen LogP contribution in [0.15, 0.2) is 18.2 Å². The van der Waals surface area contributed by atoms with Gasteiger partial charge in [0, 0.05) is 26.1 Å². The largest absolute Gasteiger partial charge is 0.454 e. The van der Waals surface area contributed by atoms with Gasteiger partial charge < -0.3 is 19.7 Å². The van der Waals surface area contributed by atoms with Gasteiger partial charge in [-0.1, -0.05) is 17.4 Å². The van der Waals surface area contributed by atoms with Crippen molar-refractivity contribution in [2.45, 2.75) is 38.3 Å². The van der Waals surface area contributed by atoms with E-state index in [0.29, 0.717) is 35.5 Å². The predicted octanol–water partition coefficient (Wildman–Crippen LogP) is 1.68. The maximum absolute atomic E-state index is 12.8. The van der Waals surface area contributed by atoms with Crippen molar-refractivity contribution >= 4 is 33.4 Å². The Bertz CT molecular complexity index is 948. The molecule has 4 heterocycles. The van der Waals surface area contributed by atoms with E-state index in [0.717, 1.165) is 37.1 Å². The summed E-state index contributed by atoms with van der Waals surface area (Å²) in [5.74, 6) is 1.49. The van der Waals surface area contributed by atoms with Crippen LogP contribution in [0.1, 0.15) is 31.2 Å². The lowest BCUT2D eigenvalue weighted by Gasteiger charge is -2.22. The highest BCUT2D eigenvalue weighted by molar-refractivity contribution is 7.19. The average molecular weight is 415 g/mol. The maximum Gasteiger partial charge on any atom is 0.243 e. The van der Waals surface area contributed by atoms with E-state index in [2.05, 4.69) is 15.5 Å². The lowest BCUT2D eigenvalue weighted by Crippen LogP contribution is -2.43. The fraction of sp³-hybridized carbons (Fsp3) is 0.474. The predicted molar refractivity (Wildman–Crippen MR) is 106 cm³/mol. The number of ether oxygens (including phenoxy) is 2. The molecule has 0 saturated carbocycles. The molecule has 1 N–H and O–H groups in total. The Morgan fingerprint density at radius 1 is 1.17 bits per heavy atom. The van der Waals surface area contributed by atoms with Gasteiger partial charge >= 0.3 is 0 Å². The molecule has 29 heavy (non-hydrogen) atoms. The first-order valence-corrected chi connectivity index (χ1v) is 10.6. The van der Waals surface area contributed by atoms with Crippen LogP contribution in [-0.4, -0.2) is 47.9 Å². The number of carbonyl (C=O) groups excluding carboxylic acids is 2. The zero-order chi connectivity index (χ0) is 19.8. The van der Waals surface area contributed by atoms with E-state index in [4.69, 9.17) is 9.47 Å². The van der Waals surface area contributed by atoms with E-state index in [1.165, 1.54) is 11.3 Å². The Kier molecular flexibility index (Phi) is 4.70. The fourth-order valence-electron chi connectivity index (χ4n) is 3.91. The van der Waals surface area contributed by atoms with Crippen LogP contribution >= 0.6 is 11.3 Å². The molecule has 2 aromatic rings. The lowest BCUT2D eigenvalue weighted by atomic mass is 10.1. The molecule has 152 valence electrons. The maximum atomic E-state index is 12.8. The van der Waals surface area contributed by atoms with Gasteiger partial charge in [0.25, 0.3) is 0 Å². The molecule has 9 nitrogen and oxygen atoms in total. The number of hydrogen-bond donors (Lipinski definition) is 1. The second-order valence-electron chi connectivity index (χ2n) is 7.27. The van der Waals surface area contributed by atoms with E-state index in [-0.39, 0.29) is 24.6 Å². The van der Waals surface area contributed by atoms with Crippen molar-refractivity contribution in [3.63, 3.8) is 0 Å². The number of nitrogens with zero attached hydrogens (tertiary/aromatic N) is 4. The number of nitrogens with one attached hydrogen (secondary N) is 1. The quantitative estimate of drug-likeness (QED) is 0.794. The van der Waals surface area contributed by atoms with Crippen molar-refractivity contribution < 1.29 is 19.1 Å². The van der Waals surface area contributed by atoms with Crippen molar-refractivity contribution in [3.8, 4) is 11.5 Å². The van der Waals surface area contributed by atoms with Crippen LogP contribution in [0.5, 0.6) is 11.5 Å². The van der Waals surface area contributed by atoms with E-state index >= 15 is 0 Å². The molecule has 0 bridgehead atoms. The zero-order valence-electron chi connectivity index (χ0n) is 15.8. The van der Waals surface area contributed by atoms with E-state index in [1.807, 2.05) is 23.1 Å². The number of anilines is 2. The van der Waals surface area contributed by atoms with Gasteiger partial charge in [-0.2, -0.15) is 0 Å². The Morgan fingerprint density at radius 3 is 2.90 bits per heavy atom. The van der Waals surface area contributed by atoms with Gasteiger partial charge in [0.2, 0.25) is 28.9 Å². The lowest BCUT2D eigenvalue weighted by molar-refractivity contribution is -0.122. The Hall–Kier alpha value is -2.88. The number of amides is 2. The molecule has 1 atom stereocenters. The number of rotatable bonds is 5. The van der Waals surface area contributed by atoms with E-state index in [9.17, 15) is 9.59 Å². The van der Waals surface area contributed by atoms with Crippen molar-refractivity contribution in [2.24, 2.45) is 0 Å². The molecule has 0 spiro atoms. The van der Waals surface area contributed by atoms with Gasteiger partial charge in [0.1, 0.15) is 6.04 Å². The number of benzene rings is 1. The van der Waals surface area contributed by atoms with Crippen LogP contribution in [-0.2, 0) is 16.1 Å². The zero-order valence-corrected chi connectivity index (χ0v) is 16.6. The van der Waals surface area contributed by atoms with Crippen molar-refractivity contribution in [2.75, 3.05) is 29.7 Å². The highest BCUT2D eigenvalue weighted by atomic mass is 32.1. The van der Waals surface area contributed by atoms with Crippen LogP contribution in [0.3, 0.4) is 0 Å². The summed E-state index contributed by atoms with van der Waals surface area (Å²) in [5, 5.41) is 12.8. The summed E-state index contributed by atoms with van der Waals surface area (Å²) in [6.45, 7) is 2.09. The molecule has 0 radical (unpaired) electrons. The topological polar surface area (TPSA) is 96.9 Å². The molecule has 1 aromatic heterocycles.